The third-order valence-corrected chi connectivity index (χ3v) is 6.50. The summed E-state index contributed by atoms with van der Waals surface area (Å²) in [5.74, 6) is -0.0975. The first-order valence-electron chi connectivity index (χ1n) is 10.1. The van der Waals surface area contributed by atoms with Gasteiger partial charge in [-0.25, -0.2) is 4.39 Å². The van der Waals surface area contributed by atoms with Gasteiger partial charge in [0, 0.05) is 38.8 Å². The summed E-state index contributed by atoms with van der Waals surface area (Å²) in [7, 11) is 2.02. The van der Waals surface area contributed by atoms with Crippen LogP contribution in [0.4, 0.5) is 10.1 Å². The van der Waals surface area contributed by atoms with Gasteiger partial charge in [0.1, 0.15) is 5.82 Å². The molecule has 3 fully saturated rings. The number of benzene rings is 1. The van der Waals surface area contributed by atoms with Crippen molar-refractivity contribution in [1.82, 2.24) is 9.80 Å². The number of likely N-dealkylation sites (N-methyl/N-ethyl adjacent to an activating group) is 1. The topological polar surface area (TPSA) is 53.1 Å². The molecule has 0 bridgehead atoms. The number of rotatable bonds is 4. The fourth-order valence-corrected chi connectivity index (χ4v) is 4.60. The van der Waals surface area contributed by atoms with Crippen molar-refractivity contribution >= 4 is 17.5 Å². The SMILES string of the molecule is CN(c1ccc(F)cc1)C1COC2(CCN(C(=O)CN3CCCC3=O)CC2)C1. The zero-order valence-electron chi connectivity index (χ0n) is 16.4. The number of piperidine rings is 1. The van der Waals surface area contributed by atoms with Crippen molar-refractivity contribution in [2.24, 2.45) is 0 Å². The Morgan fingerprint density at radius 3 is 2.61 bits per heavy atom. The Bertz CT molecular complexity index is 731. The van der Waals surface area contributed by atoms with E-state index in [0.717, 1.165) is 31.4 Å². The fourth-order valence-electron chi connectivity index (χ4n) is 4.60. The minimum Gasteiger partial charge on any atom is -0.373 e. The monoisotopic (exact) mass is 389 g/mol. The zero-order valence-corrected chi connectivity index (χ0v) is 16.4. The van der Waals surface area contributed by atoms with E-state index in [4.69, 9.17) is 4.74 Å². The molecule has 1 aromatic carbocycles. The van der Waals surface area contributed by atoms with Crippen LogP contribution in [0, 0.1) is 5.82 Å². The molecule has 4 rings (SSSR count). The molecule has 0 radical (unpaired) electrons. The van der Waals surface area contributed by atoms with Crippen LogP contribution in [-0.2, 0) is 14.3 Å². The Morgan fingerprint density at radius 2 is 1.96 bits per heavy atom. The summed E-state index contributed by atoms with van der Waals surface area (Å²) in [4.78, 5) is 30.0. The van der Waals surface area contributed by atoms with Gasteiger partial charge in [-0.2, -0.15) is 0 Å². The number of carbonyl (C=O) groups excluding carboxylic acids is 2. The van der Waals surface area contributed by atoms with E-state index in [2.05, 4.69) is 4.90 Å². The average Bonchev–Trinajstić information content (AvgIpc) is 3.29. The highest BCUT2D eigenvalue weighted by Gasteiger charge is 2.44. The molecule has 1 aromatic rings. The summed E-state index contributed by atoms with van der Waals surface area (Å²) in [5.41, 5.74) is 0.800. The number of nitrogens with zero attached hydrogens (tertiary/aromatic N) is 3. The molecule has 2 amide bonds. The Balaban J connectivity index is 1.30. The first kappa shape index (κ1) is 19.2. The zero-order chi connectivity index (χ0) is 19.7. The lowest BCUT2D eigenvalue weighted by atomic mass is 9.87. The van der Waals surface area contributed by atoms with Gasteiger partial charge < -0.3 is 19.4 Å². The molecule has 3 aliphatic heterocycles. The van der Waals surface area contributed by atoms with Crippen molar-refractivity contribution in [2.75, 3.05) is 44.7 Å². The van der Waals surface area contributed by atoms with E-state index in [9.17, 15) is 14.0 Å². The van der Waals surface area contributed by atoms with Crippen LogP contribution in [0.15, 0.2) is 24.3 Å². The van der Waals surface area contributed by atoms with Crippen LogP contribution < -0.4 is 4.90 Å². The van der Waals surface area contributed by atoms with Crippen molar-refractivity contribution in [2.45, 2.75) is 43.7 Å². The van der Waals surface area contributed by atoms with Gasteiger partial charge in [-0.1, -0.05) is 0 Å². The highest BCUT2D eigenvalue weighted by Crippen LogP contribution is 2.38. The van der Waals surface area contributed by atoms with Crippen molar-refractivity contribution < 1.29 is 18.7 Å². The molecule has 3 aliphatic rings. The van der Waals surface area contributed by atoms with Crippen LogP contribution in [0.1, 0.15) is 32.1 Å². The van der Waals surface area contributed by atoms with Gasteiger partial charge in [0.15, 0.2) is 0 Å². The molecule has 7 heteroatoms. The second kappa shape index (κ2) is 7.70. The fraction of sp³-hybridized carbons (Fsp3) is 0.619. The molecular weight excluding hydrogens is 361 g/mol. The maximum Gasteiger partial charge on any atom is 0.242 e. The van der Waals surface area contributed by atoms with Gasteiger partial charge in [0.25, 0.3) is 0 Å². The molecule has 6 nitrogen and oxygen atoms in total. The lowest BCUT2D eigenvalue weighted by Gasteiger charge is -2.39. The van der Waals surface area contributed by atoms with Crippen LogP contribution >= 0.6 is 0 Å². The number of hydrogen-bond donors (Lipinski definition) is 0. The quantitative estimate of drug-likeness (QED) is 0.791. The Hall–Kier alpha value is -2.15. The van der Waals surface area contributed by atoms with Crippen molar-refractivity contribution in [3.63, 3.8) is 0 Å². The Labute approximate surface area is 165 Å². The molecule has 3 heterocycles. The first-order valence-corrected chi connectivity index (χ1v) is 10.1. The predicted octanol–water partition coefficient (Wildman–Crippen LogP) is 2.03. The summed E-state index contributed by atoms with van der Waals surface area (Å²) < 4.78 is 19.4. The van der Waals surface area contributed by atoms with Gasteiger partial charge in [-0.05, 0) is 49.9 Å². The predicted molar refractivity (Wildman–Crippen MR) is 104 cm³/mol. The van der Waals surface area contributed by atoms with Crippen molar-refractivity contribution in [3.8, 4) is 0 Å². The maximum absolute atomic E-state index is 13.2. The molecule has 1 unspecified atom stereocenters. The third-order valence-electron chi connectivity index (χ3n) is 6.50. The Morgan fingerprint density at radius 1 is 1.25 bits per heavy atom. The number of ether oxygens (including phenoxy) is 1. The standard InChI is InChI=1S/C21H28FN3O3/c1-23(17-6-4-16(22)5-7-17)18-13-21(28-15-18)8-11-24(12-9-21)20(27)14-25-10-2-3-19(25)26/h4-7,18H,2-3,8-15H2,1H3. The second-order valence-corrected chi connectivity index (χ2v) is 8.24. The molecular formula is C21H28FN3O3. The van der Waals surface area contributed by atoms with Gasteiger partial charge >= 0.3 is 0 Å². The van der Waals surface area contributed by atoms with Crippen molar-refractivity contribution in [3.05, 3.63) is 30.1 Å². The summed E-state index contributed by atoms with van der Waals surface area (Å²) >= 11 is 0. The molecule has 1 atom stereocenters. The molecule has 0 aliphatic carbocycles. The van der Waals surface area contributed by atoms with Crippen molar-refractivity contribution in [1.29, 1.82) is 0 Å². The molecule has 0 aromatic heterocycles. The second-order valence-electron chi connectivity index (χ2n) is 8.24. The number of likely N-dealkylation sites (tertiary alicyclic amines) is 2. The van der Waals surface area contributed by atoms with Gasteiger partial charge in [0.05, 0.1) is 24.8 Å². The summed E-state index contributed by atoms with van der Waals surface area (Å²) in [6.07, 6.45) is 3.97. The summed E-state index contributed by atoms with van der Waals surface area (Å²) in [6.45, 7) is 2.90. The lowest BCUT2D eigenvalue weighted by molar-refractivity contribution is -0.141. The van der Waals surface area contributed by atoms with E-state index in [1.54, 1.807) is 17.0 Å². The smallest absolute Gasteiger partial charge is 0.242 e. The lowest BCUT2D eigenvalue weighted by Crippen LogP contribution is -2.49. The summed E-state index contributed by atoms with van der Waals surface area (Å²) in [5, 5.41) is 0. The van der Waals surface area contributed by atoms with Gasteiger partial charge in [-0.15, -0.1) is 0 Å². The van der Waals surface area contributed by atoms with E-state index in [1.807, 2.05) is 11.9 Å². The van der Waals surface area contributed by atoms with E-state index < -0.39 is 0 Å². The molecule has 3 saturated heterocycles. The van der Waals surface area contributed by atoms with Gasteiger partial charge in [0.2, 0.25) is 11.8 Å². The van der Waals surface area contributed by atoms with E-state index in [1.165, 1.54) is 12.1 Å². The van der Waals surface area contributed by atoms with Crippen LogP contribution in [0.5, 0.6) is 0 Å². The van der Waals surface area contributed by atoms with E-state index >= 15 is 0 Å². The minimum absolute atomic E-state index is 0.0445. The number of amides is 2. The number of carbonyl (C=O) groups is 2. The Kier molecular flexibility index (Phi) is 5.27. The normalized spacial score (nSPS) is 24.2. The van der Waals surface area contributed by atoms with Crippen LogP contribution in [0.25, 0.3) is 0 Å². The molecule has 0 N–H and O–H groups in total. The van der Waals surface area contributed by atoms with Crippen LogP contribution in [0.2, 0.25) is 0 Å². The van der Waals surface area contributed by atoms with Crippen LogP contribution in [0.3, 0.4) is 0 Å². The largest absolute Gasteiger partial charge is 0.373 e. The summed E-state index contributed by atoms with van der Waals surface area (Å²) in [6, 6.07) is 6.79. The first-order chi connectivity index (χ1) is 13.5. The van der Waals surface area contributed by atoms with E-state index in [0.29, 0.717) is 32.7 Å². The average molecular weight is 389 g/mol. The van der Waals surface area contributed by atoms with Crippen LogP contribution in [-0.4, -0.2) is 73.1 Å². The maximum atomic E-state index is 13.2. The molecule has 1 spiro atoms. The molecule has 0 saturated carbocycles. The highest BCUT2D eigenvalue weighted by atomic mass is 19.1. The number of hydrogen-bond acceptors (Lipinski definition) is 4. The number of halogens is 1. The minimum atomic E-state index is -0.232. The molecule has 152 valence electrons. The molecule has 28 heavy (non-hydrogen) atoms. The van der Waals surface area contributed by atoms with E-state index in [-0.39, 0.29) is 35.8 Å². The third kappa shape index (κ3) is 3.85. The number of anilines is 1. The van der Waals surface area contributed by atoms with Gasteiger partial charge in [-0.3, -0.25) is 9.59 Å². The highest BCUT2D eigenvalue weighted by molar-refractivity contribution is 5.85.